The Hall–Kier alpha value is -2.73. The lowest BCUT2D eigenvalue weighted by Gasteiger charge is -2.11. The van der Waals surface area contributed by atoms with Crippen LogP contribution in [0.2, 0.25) is 0 Å². The van der Waals surface area contributed by atoms with Crippen molar-refractivity contribution in [3.8, 4) is 11.5 Å². The van der Waals surface area contributed by atoms with Gasteiger partial charge in [-0.3, -0.25) is 4.79 Å². The highest BCUT2D eigenvalue weighted by Gasteiger charge is 2.04. The maximum absolute atomic E-state index is 12.2. The third-order valence-corrected chi connectivity index (χ3v) is 4.50. The van der Waals surface area contributed by atoms with Crippen molar-refractivity contribution in [2.75, 3.05) is 44.1 Å². The standard InChI is InChI=1S/C24H34N2O4/c1-3-4-5-6-7-15-29-23-10-8-9-21(18-23)26-24(27)19-25-20-11-13-22(14-12-20)30-17-16-28-2/h8-14,18,25H,3-7,15-17,19H2,1-2H3,(H,26,27). The number of ether oxygens (including phenoxy) is 3. The topological polar surface area (TPSA) is 68.8 Å². The van der Waals surface area contributed by atoms with Gasteiger partial charge in [0.1, 0.15) is 18.1 Å². The van der Waals surface area contributed by atoms with Gasteiger partial charge >= 0.3 is 0 Å². The normalized spacial score (nSPS) is 10.5. The lowest BCUT2D eigenvalue weighted by atomic mass is 10.2. The van der Waals surface area contributed by atoms with Gasteiger partial charge in [-0.1, -0.05) is 38.7 Å². The lowest BCUT2D eigenvalue weighted by Crippen LogP contribution is -2.21. The molecule has 0 aliphatic carbocycles. The number of carbonyl (C=O) groups excluding carboxylic acids is 1. The van der Waals surface area contributed by atoms with Crippen LogP contribution in [0.25, 0.3) is 0 Å². The van der Waals surface area contributed by atoms with Crippen molar-refractivity contribution < 1.29 is 19.0 Å². The minimum Gasteiger partial charge on any atom is -0.494 e. The van der Waals surface area contributed by atoms with E-state index in [0.29, 0.717) is 19.8 Å². The maximum Gasteiger partial charge on any atom is 0.243 e. The van der Waals surface area contributed by atoms with Crippen molar-refractivity contribution in [1.29, 1.82) is 0 Å². The number of hydrogen-bond donors (Lipinski definition) is 2. The summed E-state index contributed by atoms with van der Waals surface area (Å²) in [5, 5.41) is 6.01. The molecule has 0 heterocycles. The van der Waals surface area contributed by atoms with Crippen LogP contribution in [-0.4, -0.2) is 39.4 Å². The maximum atomic E-state index is 12.2. The van der Waals surface area contributed by atoms with E-state index in [1.165, 1.54) is 25.7 Å². The molecule has 0 bridgehead atoms. The monoisotopic (exact) mass is 414 g/mol. The van der Waals surface area contributed by atoms with Crippen LogP contribution in [0.5, 0.6) is 11.5 Å². The largest absolute Gasteiger partial charge is 0.494 e. The molecule has 164 valence electrons. The second kappa shape index (κ2) is 14.3. The first-order valence-electron chi connectivity index (χ1n) is 10.7. The van der Waals surface area contributed by atoms with Gasteiger partial charge in [-0.2, -0.15) is 0 Å². The van der Waals surface area contributed by atoms with E-state index < -0.39 is 0 Å². The van der Waals surface area contributed by atoms with E-state index in [9.17, 15) is 4.79 Å². The average molecular weight is 415 g/mol. The number of hydrogen-bond acceptors (Lipinski definition) is 5. The van der Waals surface area contributed by atoms with Gasteiger partial charge < -0.3 is 24.8 Å². The van der Waals surface area contributed by atoms with E-state index in [0.717, 1.165) is 29.3 Å². The Labute approximate surface area is 179 Å². The zero-order chi connectivity index (χ0) is 21.4. The number of amides is 1. The lowest BCUT2D eigenvalue weighted by molar-refractivity contribution is -0.114. The summed E-state index contributed by atoms with van der Waals surface area (Å²) in [7, 11) is 1.64. The first kappa shape index (κ1) is 23.5. The number of anilines is 2. The molecule has 1 amide bonds. The molecule has 0 atom stereocenters. The van der Waals surface area contributed by atoms with Crippen molar-refractivity contribution in [1.82, 2.24) is 0 Å². The Morgan fingerprint density at radius 1 is 0.833 bits per heavy atom. The number of unbranched alkanes of at least 4 members (excludes halogenated alkanes) is 4. The minimum absolute atomic E-state index is 0.118. The summed E-state index contributed by atoms with van der Waals surface area (Å²) in [5.74, 6) is 1.43. The van der Waals surface area contributed by atoms with Gasteiger partial charge in [0.05, 0.1) is 19.8 Å². The van der Waals surface area contributed by atoms with Crippen LogP contribution >= 0.6 is 0 Å². The molecule has 30 heavy (non-hydrogen) atoms. The third-order valence-electron chi connectivity index (χ3n) is 4.50. The number of methoxy groups -OCH3 is 1. The summed E-state index contributed by atoms with van der Waals surface area (Å²) in [6.45, 7) is 4.14. The van der Waals surface area contributed by atoms with E-state index in [-0.39, 0.29) is 12.5 Å². The Morgan fingerprint density at radius 2 is 1.60 bits per heavy atom. The predicted octanol–water partition coefficient (Wildman–Crippen LogP) is 5.11. The molecule has 0 saturated heterocycles. The molecule has 2 N–H and O–H groups in total. The molecule has 0 radical (unpaired) electrons. The number of nitrogens with one attached hydrogen (secondary N) is 2. The van der Waals surface area contributed by atoms with Gasteiger partial charge in [0.25, 0.3) is 0 Å². The van der Waals surface area contributed by atoms with Crippen LogP contribution in [0.1, 0.15) is 39.0 Å². The zero-order valence-corrected chi connectivity index (χ0v) is 18.1. The molecule has 0 aliphatic heterocycles. The second-order valence-corrected chi connectivity index (χ2v) is 7.06. The van der Waals surface area contributed by atoms with Gasteiger partial charge in [0.15, 0.2) is 0 Å². The SMILES string of the molecule is CCCCCCCOc1cccc(NC(=O)CNc2ccc(OCCOC)cc2)c1. The predicted molar refractivity (Wildman–Crippen MR) is 122 cm³/mol. The summed E-state index contributed by atoms with van der Waals surface area (Å²) >= 11 is 0. The molecule has 0 aliphatic rings. The van der Waals surface area contributed by atoms with Crippen LogP contribution in [0.3, 0.4) is 0 Å². The Morgan fingerprint density at radius 3 is 2.37 bits per heavy atom. The fraction of sp³-hybridized carbons (Fsp3) is 0.458. The number of benzene rings is 2. The highest BCUT2D eigenvalue weighted by atomic mass is 16.5. The highest BCUT2D eigenvalue weighted by molar-refractivity contribution is 5.93. The van der Waals surface area contributed by atoms with Crippen LogP contribution in [0.15, 0.2) is 48.5 Å². The molecule has 0 spiro atoms. The molecular formula is C24H34N2O4. The summed E-state index contributed by atoms with van der Waals surface area (Å²) in [4.78, 5) is 12.2. The number of carbonyl (C=O) groups is 1. The fourth-order valence-corrected chi connectivity index (χ4v) is 2.86. The van der Waals surface area contributed by atoms with Crippen molar-refractivity contribution in [3.05, 3.63) is 48.5 Å². The zero-order valence-electron chi connectivity index (χ0n) is 18.1. The summed E-state index contributed by atoms with van der Waals surface area (Å²) in [6.07, 6.45) is 6.02. The van der Waals surface area contributed by atoms with Crippen LogP contribution in [-0.2, 0) is 9.53 Å². The van der Waals surface area contributed by atoms with Gasteiger partial charge in [-0.15, -0.1) is 0 Å². The van der Waals surface area contributed by atoms with Gasteiger partial charge in [-0.05, 0) is 42.8 Å². The van der Waals surface area contributed by atoms with E-state index >= 15 is 0 Å². The summed E-state index contributed by atoms with van der Waals surface area (Å²) in [6, 6.07) is 15.0. The summed E-state index contributed by atoms with van der Waals surface area (Å²) < 4.78 is 16.3. The molecule has 6 nitrogen and oxygen atoms in total. The van der Waals surface area contributed by atoms with Crippen molar-refractivity contribution in [2.45, 2.75) is 39.0 Å². The second-order valence-electron chi connectivity index (χ2n) is 7.06. The van der Waals surface area contributed by atoms with E-state index in [1.807, 2.05) is 48.5 Å². The highest BCUT2D eigenvalue weighted by Crippen LogP contribution is 2.18. The van der Waals surface area contributed by atoms with Crippen molar-refractivity contribution in [2.24, 2.45) is 0 Å². The molecule has 6 heteroatoms. The average Bonchev–Trinajstić information content (AvgIpc) is 2.76. The Kier molecular flexibility index (Phi) is 11.2. The Bertz CT molecular complexity index is 734. The van der Waals surface area contributed by atoms with Gasteiger partial charge in [-0.25, -0.2) is 0 Å². The van der Waals surface area contributed by atoms with Crippen LogP contribution < -0.4 is 20.1 Å². The van der Waals surface area contributed by atoms with Crippen LogP contribution in [0.4, 0.5) is 11.4 Å². The van der Waals surface area contributed by atoms with E-state index in [2.05, 4.69) is 17.6 Å². The molecular weight excluding hydrogens is 380 g/mol. The fourth-order valence-electron chi connectivity index (χ4n) is 2.86. The Balaban J connectivity index is 1.70. The van der Waals surface area contributed by atoms with E-state index in [4.69, 9.17) is 14.2 Å². The number of rotatable bonds is 15. The molecule has 2 aromatic rings. The summed E-state index contributed by atoms with van der Waals surface area (Å²) in [5.41, 5.74) is 1.58. The smallest absolute Gasteiger partial charge is 0.243 e. The van der Waals surface area contributed by atoms with Crippen LogP contribution in [0, 0.1) is 0 Å². The minimum atomic E-state index is -0.118. The first-order valence-corrected chi connectivity index (χ1v) is 10.7. The molecule has 0 unspecified atom stereocenters. The van der Waals surface area contributed by atoms with Crippen molar-refractivity contribution >= 4 is 17.3 Å². The molecule has 0 fully saturated rings. The molecule has 2 rings (SSSR count). The molecule has 2 aromatic carbocycles. The molecule has 0 aromatic heterocycles. The third kappa shape index (κ3) is 9.65. The van der Waals surface area contributed by atoms with Gasteiger partial charge in [0, 0.05) is 24.6 Å². The first-order chi connectivity index (χ1) is 14.7. The quantitative estimate of drug-likeness (QED) is 0.396. The molecule has 0 saturated carbocycles. The van der Waals surface area contributed by atoms with Crippen molar-refractivity contribution in [3.63, 3.8) is 0 Å². The van der Waals surface area contributed by atoms with E-state index in [1.54, 1.807) is 7.11 Å². The van der Waals surface area contributed by atoms with Gasteiger partial charge in [0.2, 0.25) is 5.91 Å².